The first kappa shape index (κ1) is 17.0. The lowest BCUT2D eigenvalue weighted by molar-refractivity contribution is -0.117. The number of urea groups is 1. The van der Waals surface area contributed by atoms with Gasteiger partial charge in [-0.2, -0.15) is 0 Å². The van der Waals surface area contributed by atoms with Gasteiger partial charge >= 0.3 is 6.03 Å². The molecule has 3 amide bonds. The lowest BCUT2D eigenvalue weighted by atomic mass is 10.2. The number of para-hydroxylation sites is 1. The number of nitrogens with one attached hydrogen (secondary N) is 2. The van der Waals surface area contributed by atoms with E-state index in [-0.39, 0.29) is 11.7 Å². The number of fused-ring (bicyclic) bond motifs is 3. The molecule has 1 aromatic carbocycles. The van der Waals surface area contributed by atoms with E-state index in [1.807, 2.05) is 18.2 Å². The van der Waals surface area contributed by atoms with Crippen LogP contribution in [-0.4, -0.2) is 27.7 Å². The lowest BCUT2D eigenvalue weighted by Gasteiger charge is -2.07. The van der Waals surface area contributed by atoms with Crippen molar-refractivity contribution in [2.24, 2.45) is 0 Å². The van der Waals surface area contributed by atoms with Gasteiger partial charge < -0.3 is 5.32 Å². The van der Waals surface area contributed by atoms with E-state index < -0.39 is 6.03 Å². The van der Waals surface area contributed by atoms with Crippen LogP contribution in [0.15, 0.2) is 41.7 Å². The molecular formula is C18H16N4O2S2. The molecule has 132 valence electrons. The van der Waals surface area contributed by atoms with Gasteiger partial charge in [0.1, 0.15) is 16.2 Å². The molecule has 2 heterocycles. The Balaban J connectivity index is 1.39. The van der Waals surface area contributed by atoms with Gasteiger partial charge in [-0.3, -0.25) is 10.1 Å². The van der Waals surface area contributed by atoms with Crippen LogP contribution in [0.1, 0.15) is 16.9 Å². The fourth-order valence-corrected chi connectivity index (χ4v) is 5.11. The van der Waals surface area contributed by atoms with Gasteiger partial charge in [-0.15, -0.1) is 11.3 Å². The summed E-state index contributed by atoms with van der Waals surface area (Å²) in [5, 5.41) is 6.86. The lowest BCUT2D eigenvalue weighted by Crippen LogP contribution is -2.35. The second-order valence-corrected chi connectivity index (χ2v) is 7.92. The number of carbonyl (C=O) groups excluding carboxylic acids is 2. The average molecular weight is 384 g/mol. The van der Waals surface area contributed by atoms with Crippen molar-refractivity contribution in [2.45, 2.75) is 24.3 Å². The molecule has 2 N–H and O–H groups in total. The van der Waals surface area contributed by atoms with Crippen molar-refractivity contribution in [3.8, 4) is 0 Å². The largest absolute Gasteiger partial charge is 0.325 e. The number of amides is 3. The minimum atomic E-state index is -0.536. The number of carbonyl (C=O) groups is 2. The Labute approximate surface area is 158 Å². The molecule has 0 aliphatic heterocycles. The topological polar surface area (TPSA) is 84.0 Å². The van der Waals surface area contributed by atoms with Crippen molar-refractivity contribution < 1.29 is 9.59 Å². The predicted octanol–water partition coefficient (Wildman–Crippen LogP) is 3.62. The zero-order valence-electron chi connectivity index (χ0n) is 13.8. The molecule has 0 radical (unpaired) electrons. The summed E-state index contributed by atoms with van der Waals surface area (Å²) < 4.78 is 0. The summed E-state index contributed by atoms with van der Waals surface area (Å²) in [4.78, 5) is 35.0. The molecule has 2 aromatic heterocycles. The molecule has 26 heavy (non-hydrogen) atoms. The maximum absolute atomic E-state index is 12.1. The van der Waals surface area contributed by atoms with E-state index in [4.69, 9.17) is 0 Å². The van der Waals surface area contributed by atoms with Crippen LogP contribution < -0.4 is 10.6 Å². The number of hydrogen-bond acceptors (Lipinski definition) is 6. The Morgan fingerprint density at radius 2 is 2.00 bits per heavy atom. The number of anilines is 1. The number of thiophene rings is 1. The number of benzene rings is 1. The van der Waals surface area contributed by atoms with E-state index in [0.717, 1.165) is 34.5 Å². The molecule has 0 saturated carbocycles. The molecule has 0 atom stereocenters. The monoisotopic (exact) mass is 384 g/mol. The van der Waals surface area contributed by atoms with Crippen LogP contribution in [0.2, 0.25) is 0 Å². The fourth-order valence-electron chi connectivity index (χ4n) is 2.99. The molecule has 0 unspecified atom stereocenters. The molecule has 0 fully saturated rings. The third-order valence-corrected chi connectivity index (χ3v) is 6.28. The number of rotatable bonds is 4. The normalized spacial score (nSPS) is 12.8. The summed E-state index contributed by atoms with van der Waals surface area (Å²) in [6.45, 7) is 0. The third-order valence-electron chi connectivity index (χ3n) is 4.09. The van der Waals surface area contributed by atoms with Crippen molar-refractivity contribution in [1.29, 1.82) is 0 Å². The minimum Gasteiger partial charge on any atom is -0.308 e. The van der Waals surface area contributed by atoms with Crippen molar-refractivity contribution in [1.82, 2.24) is 15.3 Å². The Kier molecular flexibility index (Phi) is 4.85. The second kappa shape index (κ2) is 7.43. The number of aryl methyl sites for hydroxylation is 2. The molecule has 0 saturated heterocycles. The zero-order chi connectivity index (χ0) is 17.9. The van der Waals surface area contributed by atoms with Crippen LogP contribution in [0.25, 0.3) is 10.2 Å². The van der Waals surface area contributed by atoms with E-state index in [0.29, 0.717) is 5.69 Å². The van der Waals surface area contributed by atoms with Crippen LogP contribution in [0.4, 0.5) is 10.5 Å². The Morgan fingerprint density at radius 1 is 1.15 bits per heavy atom. The van der Waals surface area contributed by atoms with E-state index in [2.05, 4.69) is 20.6 Å². The highest BCUT2D eigenvalue weighted by atomic mass is 32.2. The number of nitrogens with zero attached hydrogens (tertiary/aromatic N) is 2. The summed E-state index contributed by atoms with van der Waals surface area (Å²) in [5.41, 5.74) is 1.96. The molecule has 0 spiro atoms. The minimum absolute atomic E-state index is 0.124. The zero-order valence-corrected chi connectivity index (χ0v) is 15.5. The smallest absolute Gasteiger partial charge is 0.308 e. The molecule has 0 bridgehead atoms. The molecule has 4 rings (SSSR count). The van der Waals surface area contributed by atoms with E-state index in [1.54, 1.807) is 23.5 Å². The average Bonchev–Trinajstić information content (AvgIpc) is 3.21. The van der Waals surface area contributed by atoms with Crippen molar-refractivity contribution in [2.75, 3.05) is 11.1 Å². The van der Waals surface area contributed by atoms with E-state index in [1.165, 1.54) is 28.5 Å². The first-order valence-electron chi connectivity index (χ1n) is 8.24. The number of hydrogen-bond donors (Lipinski definition) is 2. The first-order valence-corrected chi connectivity index (χ1v) is 10.0. The highest BCUT2D eigenvalue weighted by Crippen LogP contribution is 2.39. The predicted molar refractivity (Wildman–Crippen MR) is 104 cm³/mol. The maximum atomic E-state index is 12.1. The summed E-state index contributed by atoms with van der Waals surface area (Å²) in [6.07, 6.45) is 4.84. The van der Waals surface area contributed by atoms with Crippen molar-refractivity contribution in [3.63, 3.8) is 0 Å². The SMILES string of the molecule is O=C(CSc1ncnc2sc3c(c12)CCC3)NC(=O)Nc1ccccc1. The third kappa shape index (κ3) is 3.56. The van der Waals surface area contributed by atoms with Gasteiger partial charge in [-0.05, 0) is 37.0 Å². The molecule has 6 nitrogen and oxygen atoms in total. The quantitative estimate of drug-likeness (QED) is 0.530. The highest BCUT2D eigenvalue weighted by Gasteiger charge is 2.21. The van der Waals surface area contributed by atoms with Crippen LogP contribution in [0, 0.1) is 0 Å². The van der Waals surface area contributed by atoms with Gasteiger partial charge in [0.2, 0.25) is 5.91 Å². The summed E-state index contributed by atoms with van der Waals surface area (Å²) in [7, 11) is 0. The number of aromatic nitrogens is 2. The Hall–Kier alpha value is -2.45. The molecule has 1 aliphatic rings. The number of thioether (sulfide) groups is 1. The van der Waals surface area contributed by atoms with Crippen molar-refractivity contribution >= 4 is 50.9 Å². The van der Waals surface area contributed by atoms with E-state index >= 15 is 0 Å². The van der Waals surface area contributed by atoms with Crippen molar-refractivity contribution in [3.05, 3.63) is 47.1 Å². The number of imide groups is 1. The molecule has 1 aliphatic carbocycles. The van der Waals surface area contributed by atoms with Crippen LogP contribution >= 0.6 is 23.1 Å². The van der Waals surface area contributed by atoms with Gasteiger partial charge in [0, 0.05) is 16.0 Å². The van der Waals surface area contributed by atoms with E-state index in [9.17, 15) is 9.59 Å². The van der Waals surface area contributed by atoms with Crippen LogP contribution in [0.5, 0.6) is 0 Å². The summed E-state index contributed by atoms with van der Waals surface area (Å²) in [6, 6.07) is 8.46. The van der Waals surface area contributed by atoms with Gasteiger partial charge in [0.25, 0.3) is 0 Å². The Morgan fingerprint density at radius 3 is 2.85 bits per heavy atom. The molecule has 8 heteroatoms. The van der Waals surface area contributed by atoms with Crippen LogP contribution in [0.3, 0.4) is 0 Å². The standard InChI is InChI=1S/C18H16N4O2S2/c23-14(22-18(24)21-11-5-2-1-3-6-11)9-25-16-15-12-7-4-8-13(12)26-17(15)20-10-19-16/h1-3,5-6,10H,4,7-9H2,(H2,21,22,23,24). The van der Waals surface area contributed by atoms with Crippen LogP contribution in [-0.2, 0) is 17.6 Å². The van der Waals surface area contributed by atoms with Gasteiger partial charge in [0.15, 0.2) is 0 Å². The van der Waals surface area contributed by atoms with Gasteiger partial charge in [-0.25, -0.2) is 14.8 Å². The Bertz CT molecular complexity index is 972. The van der Waals surface area contributed by atoms with Gasteiger partial charge in [0.05, 0.1) is 5.75 Å². The highest BCUT2D eigenvalue weighted by molar-refractivity contribution is 8.00. The molecular weight excluding hydrogens is 368 g/mol. The first-order chi connectivity index (χ1) is 12.7. The fraction of sp³-hybridized carbons (Fsp3) is 0.222. The second-order valence-electron chi connectivity index (χ2n) is 5.87. The maximum Gasteiger partial charge on any atom is 0.325 e. The summed E-state index contributed by atoms with van der Waals surface area (Å²) in [5.74, 6) is -0.235. The molecule has 3 aromatic rings. The van der Waals surface area contributed by atoms with Gasteiger partial charge in [-0.1, -0.05) is 30.0 Å². The summed E-state index contributed by atoms with van der Waals surface area (Å²) >= 11 is 3.06.